The second-order valence-corrected chi connectivity index (χ2v) is 7.38. The molecule has 1 aromatic rings. The summed E-state index contributed by atoms with van der Waals surface area (Å²) in [6, 6.07) is 5.22. The van der Waals surface area contributed by atoms with E-state index in [0.29, 0.717) is 12.4 Å². The molecule has 21 heavy (non-hydrogen) atoms. The smallest absolute Gasteiger partial charge is 0.246 e. The number of ether oxygens (including phenoxy) is 1. The third-order valence-electron chi connectivity index (χ3n) is 3.92. The number of piperazine rings is 1. The third-order valence-corrected chi connectivity index (χ3v) is 5.58. The number of sulfonamides is 1. The molecule has 0 aromatic heterocycles. The van der Waals surface area contributed by atoms with Crippen LogP contribution in [0.4, 0.5) is 5.69 Å². The predicted octanol–water partition coefficient (Wildman–Crippen LogP) is 0.498. The Bertz CT molecular complexity index is 624. The highest BCUT2D eigenvalue weighted by atomic mass is 32.2. The van der Waals surface area contributed by atoms with E-state index in [1.165, 1.54) is 0 Å². The number of nitrogens with zero attached hydrogens (tertiary/aromatic N) is 2. The van der Waals surface area contributed by atoms with E-state index in [4.69, 9.17) is 4.74 Å². The highest BCUT2D eigenvalue weighted by Gasteiger charge is 2.31. The molecule has 6 nitrogen and oxygen atoms in total. The van der Waals surface area contributed by atoms with Gasteiger partial charge in [-0.15, -0.1) is 0 Å². The van der Waals surface area contributed by atoms with Crippen LogP contribution in [0.2, 0.25) is 0 Å². The fourth-order valence-electron chi connectivity index (χ4n) is 2.76. The molecule has 0 spiro atoms. The molecule has 2 aliphatic heterocycles. The van der Waals surface area contributed by atoms with E-state index < -0.39 is 10.0 Å². The zero-order valence-electron chi connectivity index (χ0n) is 12.4. The second-order valence-electron chi connectivity index (χ2n) is 5.73. The molecule has 2 aliphatic rings. The molecule has 1 fully saturated rings. The number of fused-ring (bicyclic) bond motifs is 1. The summed E-state index contributed by atoms with van der Waals surface area (Å²) in [5.41, 5.74) is 0.738. The van der Waals surface area contributed by atoms with Gasteiger partial charge in [0.05, 0.1) is 11.7 Å². The van der Waals surface area contributed by atoms with E-state index in [1.807, 2.05) is 12.1 Å². The van der Waals surface area contributed by atoms with Crippen molar-refractivity contribution in [2.75, 3.05) is 44.7 Å². The summed E-state index contributed by atoms with van der Waals surface area (Å²) < 4.78 is 33.5. The monoisotopic (exact) mass is 311 g/mol. The molecular weight excluding hydrogens is 290 g/mol. The fourth-order valence-corrected chi connectivity index (χ4v) is 4.34. The highest BCUT2D eigenvalue weighted by Crippen LogP contribution is 2.35. The van der Waals surface area contributed by atoms with Crippen molar-refractivity contribution in [2.24, 2.45) is 0 Å². The van der Waals surface area contributed by atoms with Crippen LogP contribution in [0, 0.1) is 0 Å². The van der Waals surface area contributed by atoms with Crippen molar-refractivity contribution in [3.63, 3.8) is 0 Å². The Morgan fingerprint density at radius 2 is 1.95 bits per heavy atom. The molecule has 0 radical (unpaired) electrons. The molecule has 7 heteroatoms. The van der Waals surface area contributed by atoms with Crippen molar-refractivity contribution in [2.45, 2.75) is 17.9 Å². The minimum atomic E-state index is -3.55. The van der Waals surface area contributed by atoms with Crippen LogP contribution < -0.4 is 14.4 Å². The van der Waals surface area contributed by atoms with Crippen molar-refractivity contribution in [3.8, 4) is 5.75 Å². The molecule has 0 saturated carbocycles. The summed E-state index contributed by atoms with van der Waals surface area (Å²) in [6.07, 6.45) is 0. The van der Waals surface area contributed by atoms with Crippen LogP contribution in [0.25, 0.3) is 0 Å². The van der Waals surface area contributed by atoms with Crippen molar-refractivity contribution in [3.05, 3.63) is 18.2 Å². The zero-order valence-corrected chi connectivity index (χ0v) is 13.2. The Balaban J connectivity index is 2.04. The molecule has 1 atom stereocenters. The SMILES string of the molecule is C[C@H]1COc2cccc(N3CCN(C)CC3)c2S(=O)(=O)N1. The maximum absolute atomic E-state index is 12.6. The number of benzene rings is 1. The van der Waals surface area contributed by atoms with Gasteiger partial charge in [0.2, 0.25) is 10.0 Å². The largest absolute Gasteiger partial charge is 0.490 e. The molecular formula is C14H21N3O3S. The number of anilines is 1. The lowest BCUT2D eigenvalue weighted by molar-refractivity contribution is 0.287. The lowest BCUT2D eigenvalue weighted by Crippen LogP contribution is -2.45. The Kier molecular flexibility index (Phi) is 3.81. The average Bonchev–Trinajstić information content (AvgIpc) is 2.56. The van der Waals surface area contributed by atoms with Crippen LogP contribution in [-0.2, 0) is 10.0 Å². The maximum atomic E-state index is 12.6. The Hall–Kier alpha value is -1.31. The van der Waals surface area contributed by atoms with Crippen molar-refractivity contribution >= 4 is 15.7 Å². The van der Waals surface area contributed by atoms with Crippen LogP contribution in [0.1, 0.15) is 6.92 Å². The number of nitrogens with one attached hydrogen (secondary N) is 1. The Morgan fingerprint density at radius 3 is 2.67 bits per heavy atom. The topological polar surface area (TPSA) is 61.9 Å². The summed E-state index contributed by atoms with van der Waals surface area (Å²) in [5.74, 6) is 0.447. The maximum Gasteiger partial charge on any atom is 0.246 e. The van der Waals surface area contributed by atoms with Gasteiger partial charge in [-0.05, 0) is 26.1 Å². The van der Waals surface area contributed by atoms with Gasteiger partial charge in [-0.1, -0.05) is 6.07 Å². The molecule has 116 valence electrons. The Morgan fingerprint density at radius 1 is 1.24 bits per heavy atom. The van der Waals surface area contributed by atoms with E-state index in [2.05, 4.69) is 21.6 Å². The number of hydrogen-bond acceptors (Lipinski definition) is 5. The van der Waals surface area contributed by atoms with Crippen LogP contribution in [0.5, 0.6) is 5.75 Å². The van der Waals surface area contributed by atoms with Crippen molar-refractivity contribution in [1.29, 1.82) is 0 Å². The summed E-state index contributed by atoms with van der Waals surface area (Å²) in [6.45, 7) is 5.64. The van der Waals surface area contributed by atoms with Gasteiger partial charge in [0.15, 0.2) is 0 Å². The first-order valence-electron chi connectivity index (χ1n) is 7.19. The van der Waals surface area contributed by atoms with E-state index in [-0.39, 0.29) is 10.9 Å². The first-order chi connectivity index (χ1) is 9.97. The normalized spacial score (nSPS) is 25.8. The number of likely N-dealkylation sites (N-methyl/N-ethyl adjacent to an activating group) is 1. The van der Waals surface area contributed by atoms with E-state index in [1.54, 1.807) is 13.0 Å². The highest BCUT2D eigenvalue weighted by molar-refractivity contribution is 7.89. The molecule has 1 saturated heterocycles. The fraction of sp³-hybridized carbons (Fsp3) is 0.571. The van der Waals surface area contributed by atoms with E-state index >= 15 is 0 Å². The van der Waals surface area contributed by atoms with Gasteiger partial charge in [0.1, 0.15) is 17.3 Å². The minimum Gasteiger partial charge on any atom is -0.490 e. The molecule has 1 N–H and O–H groups in total. The summed E-state index contributed by atoms with van der Waals surface area (Å²) >= 11 is 0. The van der Waals surface area contributed by atoms with E-state index in [0.717, 1.165) is 31.9 Å². The van der Waals surface area contributed by atoms with Gasteiger partial charge in [0, 0.05) is 26.2 Å². The van der Waals surface area contributed by atoms with Crippen molar-refractivity contribution < 1.29 is 13.2 Å². The minimum absolute atomic E-state index is 0.234. The number of rotatable bonds is 1. The molecule has 2 heterocycles. The zero-order chi connectivity index (χ0) is 15.0. The molecule has 0 unspecified atom stereocenters. The van der Waals surface area contributed by atoms with Gasteiger partial charge in [-0.3, -0.25) is 0 Å². The third kappa shape index (κ3) is 2.86. The van der Waals surface area contributed by atoms with E-state index in [9.17, 15) is 8.42 Å². The molecule has 0 aliphatic carbocycles. The first-order valence-corrected chi connectivity index (χ1v) is 8.67. The second kappa shape index (κ2) is 5.47. The van der Waals surface area contributed by atoms with Crippen LogP contribution in [-0.4, -0.2) is 59.2 Å². The van der Waals surface area contributed by atoms with Gasteiger partial charge in [-0.2, -0.15) is 0 Å². The first kappa shape index (κ1) is 14.6. The number of hydrogen-bond donors (Lipinski definition) is 1. The summed E-state index contributed by atoms with van der Waals surface area (Å²) in [5, 5.41) is 0. The van der Waals surface area contributed by atoms with Gasteiger partial charge < -0.3 is 14.5 Å². The molecule has 1 aromatic carbocycles. The van der Waals surface area contributed by atoms with Crippen molar-refractivity contribution in [1.82, 2.24) is 9.62 Å². The quantitative estimate of drug-likeness (QED) is 0.818. The van der Waals surface area contributed by atoms with Crippen LogP contribution >= 0.6 is 0 Å². The molecule has 3 rings (SSSR count). The van der Waals surface area contributed by atoms with Crippen LogP contribution in [0.15, 0.2) is 23.1 Å². The average molecular weight is 311 g/mol. The lowest BCUT2D eigenvalue weighted by Gasteiger charge is -2.35. The van der Waals surface area contributed by atoms with Gasteiger partial charge >= 0.3 is 0 Å². The summed E-state index contributed by atoms with van der Waals surface area (Å²) in [7, 11) is -1.48. The predicted molar refractivity (Wildman–Crippen MR) is 81.4 cm³/mol. The Labute approximate surface area is 125 Å². The molecule has 0 amide bonds. The lowest BCUT2D eigenvalue weighted by atomic mass is 10.2. The summed E-state index contributed by atoms with van der Waals surface area (Å²) in [4.78, 5) is 4.64. The van der Waals surface area contributed by atoms with Gasteiger partial charge in [0.25, 0.3) is 0 Å². The molecule has 0 bridgehead atoms. The van der Waals surface area contributed by atoms with Crippen LogP contribution in [0.3, 0.4) is 0 Å². The standard InChI is InChI=1S/C14H21N3O3S/c1-11-10-20-13-5-3-4-12(14(13)21(18,19)15-11)17-8-6-16(2)7-9-17/h3-5,11,15H,6-10H2,1-2H3/t11-/m0/s1. The van der Waals surface area contributed by atoms with Gasteiger partial charge in [-0.25, -0.2) is 13.1 Å².